The predicted molar refractivity (Wildman–Crippen MR) is 121 cm³/mol. The third-order valence-corrected chi connectivity index (χ3v) is 5.79. The van der Waals surface area contributed by atoms with Gasteiger partial charge in [-0.3, -0.25) is 9.59 Å². The number of carbonyl (C=O) groups is 2. The Balaban J connectivity index is 1.34. The van der Waals surface area contributed by atoms with E-state index in [0.717, 1.165) is 22.5 Å². The Labute approximate surface area is 184 Å². The van der Waals surface area contributed by atoms with Gasteiger partial charge in [0.05, 0.1) is 11.6 Å². The van der Waals surface area contributed by atoms with Gasteiger partial charge in [0.25, 0.3) is 0 Å². The summed E-state index contributed by atoms with van der Waals surface area (Å²) in [5.41, 5.74) is 4.76. The molecule has 0 aliphatic carbocycles. The van der Waals surface area contributed by atoms with Gasteiger partial charge in [-0.05, 0) is 55.0 Å². The molecule has 2 aromatic heterocycles. The van der Waals surface area contributed by atoms with Crippen molar-refractivity contribution in [3.63, 3.8) is 0 Å². The summed E-state index contributed by atoms with van der Waals surface area (Å²) in [4.78, 5) is 31.6. The van der Waals surface area contributed by atoms with Crippen LogP contribution in [-0.4, -0.2) is 27.7 Å². The molecule has 160 valence electrons. The van der Waals surface area contributed by atoms with Crippen LogP contribution in [0.15, 0.2) is 73.1 Å². The van der Waals surface area contributed by atoms with E-state index in [1.165, 1.54) is 17.0 Å². The first-order valence-electron chi connectivity index (χ1n) is 10.4. The third kappa shape index (κ3) is 3.73. The number of pyridine rings is 1. The Bertz CT molecular complexity index is 1300. The SMILES string of the molecule is Cc1ccc(-c2cn3ccccc3n2)cc1NC(=O)[C@H]1CC(=O)N(c2ccc(F)cc2)C1. The monoisotopic (exact) mass is 428 g/mol. The zero-order valence-corrected chi connectivity index (χ0v) is 17.5. The van der Waals surface area contributed by atoms with E-state index in [2.05, 4.69) is 10.3 Å². The summed E-state index contributed by atoms with van der Waals surface area (Å²) in [6.45, 7) is 2.19. The normalized spacial score (nSPS) is 16.0. The number of halogens is 1. The molecule has 1 fully saturated rings. The summed E-state index contributed by atoms with van der Waals surface area (Å²) < 4.78 is 15.1. The number of carbonyl (C=O) groups excluding carboxylic acids is 2. The first-order chi connectivity index (χ1) is 15.5. The van der Waals surface area contributed by atoms with Crippen LogP contribution in [-0.2, 0) is 9.59 Å². The van der Waals surface area contributed by atoms with Gasteiger partial charge in [0.15, 0.2) is 0 Å². The highest BCUT2D eigenvalue weighted by molar-refractivity contribution is 6.03. The number of imidazole rings is 1. The molecule has 1 N–H and O–H groups in total. The van der Waals surface area contributed by atoms with Gasteiger partial charge in [-0.15, -0.1) is 0 Å². The maximum absolute atomic E-state index is 13.2. The second kappa shape index (κ2) is 7.92. The molecule has 6 nitrogen and oxygen atoms in total. The fraction of sp³-hybridized carbons (Fsp3) is 0.160. The van der Waals surface area contributed by atoms with E-state index in [4.69, 9.17) is 0 Å². The van der Waals surface area contributed by atoms with Gasteiger partial charge < -0.3 is 14.6 Å². The summed E-state index contributed by atoms with van der Waals surface area (Å²) in [5.74, 6) is -1.20. The van der Waals surface area contributed by atoms with E-state index in [9.17, 15) is 14.0 Å². The van der Waals surface area contributed by atoms with Gasteiger partial charge in [0.2, 0.25) is 11.8 Å². The molecule has 2 aromatic carbocycles. The molecule has 1 saturated heterocycles. The highest BCUT2D eigenvalue weighted by Crippen LogP contribution is 2.29. The highest BCUT2D eigenvalue weighted by atomic mass is 19.1. The van der Waals surface area contributed by atoms with Gasteiger partial charge in [-0.1, -0.05) is 18.2 Å². The van der Waals surface area contributed by atoms with Gasteiger partial charge in [-0.2, -0.15) is 0 Å². The summed E-state index contributed by atoms with van der Waals surface area (Å²) in [6.07, 6.45) is 4.00. The Kier molecular flexibility index (Phi) is 4.93. The quantitative estimate of drug-likeness (QED) is 0.523. The van der Waals surface area contributed by atoms with E-state index >= 15 is 0 Å². The number of aromatic nitrogens is 2. The zero-order valence-electron chi connectivity index (χ0n) is 17.5. The lowest BCUT2D eigenvalue weighted by atomic mass is 10.1. The minimum atomic E-state index is -0.481. The van der Waals surface area contributed by atoms with Gasteiger partial charge in [0.1, 0.15) is 11.5 Å². The van der Waals surface area contributed by atoms with Crippen molar-refractivity contribution < 1.29 is 14.0 Å². The van der Waals surface area contributed by atoms with Crippen molar-refractivity contribution >= 4 is 28.8 Å². The van der Waals surface area contributed by atoms with Crippen molar-refractivity contribution in [3.8, 4) is 11.3 Å². The van der Waals surface area contributed by atoms with E-state index in [0.29, 0.717) is 11.4 Å². The fourth-order valence-electron chi connectivity index (χ4n) is 3.98. The smallest absolute Gasteiger partial charge is 0.229 e. The lowest BCUT2D eigenvalue weighted by molar-refractivity contribution is -0.122. The first kappa shape index (κ1) is 19.9. The van der Waals surface area contributed by atoms with E-state index in [1.807, 2.05) is 60.1 Å². The number of rotatable bonds is 4. The summed E-state index contributed by atoms with van der Waals surface area (Å²) in [7, 11) is 0. The highest BCUT2D eigenvalue weighted by Gasteiger charge is 2.35. The second-order valence-corrected chi connectivity index (χ2v) is 7.99. The van der Waals surface area contributed by atoms with Gasteiger partial charge in [-0.25, -0.2) is 9.37 Å². The number of anilines is 2. The molecule has 32 heavy (non-hydrogen) atoms. The lowest BCUT2D eigenvalue weighted by Gasteiger charge is -2.17. The Morgan fingerprint density at radius 1 is 1.12 bits per heavy atom. The van der Waals surface area contributed by atoms with Crippen molar-refractivity contribution in [2.45, 2.75) is 13.3 Å². The number of fused-ring (bicyclic) bond motifs is 1. The van der Waals surface area contributed by atoms with Crippen LogP contribution in [0.3, 0.4) is 0 Å². The number of hydrogen-bond acceptors (Lipinski definition) is 3. The molecule has 7 heteroatoms. The first-order valence-corrected chi connectivity index (χ1v) is 10.4. The van der Waals surface area contributed by atoms with Crippen LogP contribution in [0.4, 0.5) is 15.8 Å². The van der Waals surface area contributed by atoms with E-state index in [-0.39, 0.29) is 30.6 Å². The molecule has 5 rings (SSSR count). The molecule has 0 radical (unpaired) electrons. The molecule has 1 aliphatic rings. The maximum Gasteiger partial charge on any atom is 0.229 e. The average molecular weight is 428 g/mol. The van der Waals surface area contributed by atoms with Crippen LogP contribution in [0.2, 0.25) is 0 Å². The Hall–Kier alpha value is -4.00. The molecule has 0 unspecified atom stereocenters. The number of benzene rings is 2. The van der Waals surface area contributed by atoms with Crippen molar-refractivity contribution in [2.24, 2.45) is 5.92 Å². The maximum atomic E-state index is 13.2. The minimum Gasteiger partial charge on any atom is -0.326 e. The minimum absolute atomic E-state index is 0.119. The van der Waals surface area contributed by atoms with Crippen LogP contribution in [0, 0.1) is 18.7 Å². The molecule has 0 saturated carbocycles. The second-order valence-electron chi connectivity index (χ2n) is 7.99. The molecular formula is C25H21FN4O2. The number of amides is 2. The van der Waals surface area contributed by atoms with Crippen molar-refractivity contribution in [1.29, 1.82) is 0 Å². The van der Waals surface area contributed by atoms with E-state index < -0.39 is 5.92 Å². The van der Waals surface area contributed by atoms with Gasteiger partial charge >= 0.3 is 0 Å². The molecule has 0 spiro atoms. The molecular weight excluding hydrogens is 407 g/mol. The zero-order chi connectivity index (χ0) is 22.2. The number of nitrogens with one attached hydrogen (secondary N) is 1. The van der Waals surface area contributed by atoms with Crippen LogP contribution in [0.25, 0.3) is 16.9 Å². The van der Waals surface area contributed by atoms with Crippen LogP contribution < -0.4 is 10.2 Å². The van der Waals surface area contributed by atoms with Crippen LogP contribution >= 0.6 is 0 Å². The summed E-state index contributed by atoms with van der Waals surface area (Å²) >= 11 is 0. The van der Waals surface area contributed by atoms with Crippen molar-refractivity contribution in [1.82, 2.24) is 9.38 Å². The topological polar surface area (TPSA) is 66.7 Å². The fourth-order valence-corrected chi connectivity index (χ4v) is 3.98. The molecule has 0 bridgehead atoms. The molecule has 2 amide bonds. The van der Waals surface area contributed by atoms with E-state index in [1.54, 1.807) is 12.1 Å². The molecule has 1 aliphatic heterocycles. The van der Waals surface area contributed by atoms with Crippen molar-refractivity contribution in [3.05, 3.63) is 84.4 Å². The Morgan fingerprint density at radius 3 is 2.72 bits per heavy atom. The number of hydrogen-bond donors (Lipinski definition) is 1. The standard InChI is InChI=1S/C25H21FN4O2/c1-16-5-6-17(22-15-29-11-3-2-4-23(29)27-22)12-21(16)28-25(32)18-13-24(31)30(14-18)20-9-7-19(26)8-10-20/h2-12,15,18H,13-14H2,1H3,(H,28,32)/t18-/m0/s1. The van der Waals surface area contributed by atoms with Crippen LogP contribution in [0.1, 0.15) is 12.0 Å². The third-order valence-electron chi connectivity index (χ3n) is 5.79. The number of nitrogens with zero attached hydrogens (tertiary/aromatic N) is 3. The molecule has 4 aromatic rings. The number of aryl methyl sites for hydroxylation is 1. The van der Waals surface area contributed by atoms with Crippen molar-refractivity contribution in [2.75, 3.05) is 16.8 Å². The average Bonchev–Trinajstić information content (AvgIpc) is 3.39. The molecule has 1 atom stereocenters. The van der Waals surface area contributed by atoms with Crippen LogP contribution in [0.5, 0.6) is 0 Å². The summed E-state index contributed by atoms with van der Waals surface area (Å²) in [5, 5.41) is 2.99. The largest absolute Gasteiger partial charge is 0.326 e. The van der Waals surface area contributed by atoms with Gasteiger partial charge in [0, 0.05) is 42.3 Å². The Morgan fingerprint density at radius 2 is 1.94 bits per heavy atom. The predicted octanol–water partition coefficient (Wildman–Crippen LogP) is 4.44. The molecule has 3 heterocycles. The summed E-state index contributed by atoms with van der Waals surface area (Å²) in [6, 6.07) is 17.4. The lowest BCUT2D eigenvalue weighted by Crippen LogP contribution is -2.28.